The Labute approximate surface area is 196 Å². The Balaban J connectivity index is 1.34. The molecular weight excluding hydrogens is 442 g/mol. The van der Waals surface area contributed by atoms with Gasteiger partial charge in [0.05, 0.1) is 17.7 Å². The van der Waals surface area contributed by atoms with Crippen LogP contribution in [0.3, 0.4) is 0 Å². The van der Waals surface area contributed by atoms with Crippen LogP contribution in [-0.2, 0) is 11.3 Å². The van der Waals surface area contributed by atoms with Crippen LogP contribution in [0.1, 0.15) is 0 Å². The maximum Gasteiger partial charge on any atom is 0.242 e. The van der Waals surface area contributed by atoms with Crippen LogP contribution in [0, 0.1) is 0 Å². The maximum atomic E-state index is 13.3. The second-order valence-corrected chi connectivity index (χ2v) is 9.25. The van der Waals surface area contributed by atoms with Gasteiger partial charge in [-0.2, -0.15) is 0 Å². The molecule has 164 valence electrons. The van der Waals surface area contributed by atoms with Gasteiger partial charge < -0.3 is 19.1 Å². The van der Waals surface area contributed by atoms with Gasteiger partial charge in [0.15, 0.2) is 0 Å². The van der Waals surface area contributed by atoms with Crippen LogP contribution >= 0.6 is 22.9 Å². The molecule has 5 nitrogen and oxygen atoms in total. The largest absolute Gasteiger partial charge is 0.497 e. The minimum absolute atomic E-state index is 0.139. The molecule has 0 aliphatic carbocycles. The van der Waals surface area contributed by atoms with E-state index in [-0.39, 0.29) is 5.91 Å². The number of hydrogen-bond acceptors (Lipinski definition) is 4. The highest BCUT2D eigenvalue weighted by Crippen LogP contribution is 2.32. The van der Waals surface area contributed by atoms with E-state index in [0.717, 1.165) is 46.0 Å². The first-order valence-corrected chi connectivity index (χ1v) is 11.9. The summed E-state index contributed by atoms with van der Waals surface area (Å²) >= 11 is 7.90. The Hall–Kier alpha value is -2.96. The van der Waals surface area contributed by atoms with Gasteiger partial charge in [0.2, 0.25) is 5.91 Å². The van der Waals surface area contributed by atoms with Gasteiger partial charge in [-0.1, -0.05) is 23.7 Å². The quantitative estimate of drug-likeness (QED) is 0.397. The van der Waals surface area contributed by atoms with Gasteiger partial charge in [-0.15, -0.1) is 11.3 Å². The lowest BCUT2D eigenvalue weighted by atomic mass is 10.2. The number of hydrogen-bond donors (Lipinski definition) is 0. The second-order valence-electron chi connectivity index (χ2n) is 7.87. The van der Waals surface area contributed by atoms with E-state index in [9.17, 15) is 4.79 Å². The zero-order valence-electron chi connectivity index (χ0n) is 17.8. The molecule has 0 unspecified atom stereocenters. The molecule has 1 aliphatic rings. The molecule has 0 radical (unpaired) electrons. The first-order chi connectivity index (χ1) is 15.6. The molecule has 0 saturated carbocycles. The molecule has 2 aromatic carbocycles. The smallest absolute Gasteiger partial charge is 0.242 e. The molecule has 5 rings (SSSR count). The maximum absolute atomic E-state index is 13.3. The van der Waals surface area contributed by atoms with Crippen LogP contribution < -0.4 is 9.64 Å². The number of benzene rings is 2. The molecule has 1 amide bonds. The van der Waals surface area contributed by atoms with Crippen molar-refractivity contribution < 1.29 is 9.53 Å². The fourth-order valence-corrected chi connectivity index (χ4v) is 5.23. The summed E-state index contributed by atoms with van der Waals surface area (Å²) in [6.07, 6.45) is 0. The lowest BCUT2D eigenvalue weighted by Crippen LogP contribution is -2.49. The molecule has 0 bridgehead atoms. The number of methoxy groups -OCH3 is 1. The summed E-state index contributed by atoms with van der Waals surface area (Å²) in [6.45, 7) is 3.33. The fraction of sp³-hybridized carbons (Fsp3) is 0.240. The summed E-state index contributed by atoms with van der Waals surface area (Å²) in [4.78, 5) is 18.7. The number of anilines is 1. The molecule has 1 fully saturated rings. The van der Waals surface area contributed by atoms with E-state index in [1.54, 1.807) is 18.4 Å². The zero-order chi connectivity index (χ0) is 22.1. The average molecular weight is 466 g/mol. The highest BCUT2D eigenvalue weighted by Gasteiger charge is 2.23. The minimum Gasteiger partial charge on any atom is -0.497 e. The van der Waals surface area contributed by atoms with Gasteiger partial charge in [0.25, 0.3) is 0 Å². The number of rotatable bonds is 5. The predicted molar refractivity (Wildman–Crippen MR) is 132 cm³/mol. The van der Waals surface area contributed by atoms with Crippen molar-refractivity contribution in [2.75, 3.05) is 38.2 Å². The number of aromatic nitrogens is 1. The van der Waals surface area contributed by atoms with E-state index in [1.807, 2.05) is 47.4 Å². The van der Waals surface area contributed by atoms with Crippen molar-refractivity contribution in [1.29, 1.82) is 0 Å². The Bertz CT molecular complexity index is 1240. The Morgan fingerprint density at radius 2 is 1.88 bits per heavy atom. The van der Waals surface area contributed by atoms with Crippen LogP contribution in [0.5, 0.6) is 5.75 Å². The molecule has 0 N–H and O–H groups in total. The number of thiophene rings is 1. The van der Waals surface area contributed by atoms with E-state index < -0.39 is 0 Å². The Morgan fingerprint density at radius 3 is 2.62 bits per heavy atom. The molecule has 0 spiro atoms. The van der Waals surface area contributed by atoms with Gasteiger partial charge in [-0.3, -0.25) is 4.79 Å². The molecule has 3 heterocycles. The topological polar surface area (TPSA) is 37.7 Å². The summed E-state index contributed by atoms with van der Waals surface area (Å²) < 4.78 is 7.47. The minimum atomic E-state index is 0.139. The normalized spacial score (nSPS) is 14.2. The molecule has 7 heteroatoms. The van der Waals surface area contributed by atoms with Crippen LogP contribution in [-0.4, -0.2) is 48.7 Å². The van der Waals surface area contributed by atoms with Crippen molar-refractivity contribution in [2.24, 2.45) is 0 Å². The van der Waals surface area contributed by atoms with Gasteiger partial charge in [0.1, 0.15) is 12.3 Å². The first-order valence-electron chi connectivity index (χ1n) is 10.6. The summed E-state index contributed by atoms with van der Waals surface area (Å²) in [6, 6.07) is 20.2. The highest BCUT2D eigenvalue weighted by molar-refractivity contribution is 7.13. The predicted octanol–water partition coefficient (Wildman–Crippen LogP) is 5.38. The highest BCUT2D eigenvalue weighted by atomic mass is 35.5. The van der Waals surface area contributed by atoms with E-state index in [1.165, 1.54) is 0 Å². The van der Waals surface area contributed by atoms with Crippen LogP contribution in [0.2, 0.25) is 5.02 Å². The van der Waals surface area contributed by atoms with Gasteiger partial charge in [-0.05, 0) is 47.8 Å². The van der Waals surface area contributed by atoms with E-state index in [2.05, 4.69) is 33.0 Å². The molecule has 0 atom stereocenters. The van der Waals surface area contributed by atoms with Crippen molar-refractivity contribution in [2.45, 2.75) is 6.54 Å². The van der Waals surface area contributed by atoms with Crippen LogP contribution in [0.25, 0.3) is 21.5 Å². The number of carbonyl (C=O) groups excluding carboxylic acids is 1. The molecule has 1 aliphatic heterocycles. The van der Waals surface area contributed by atoms with E-state index >= 15 is 0 Å². The molecular formula is C25H24ClN3O2S. The van der Waals surface area contributed by atoms with Crippen molar-refractivity contribution in [1.82, 2.24) is 9.47 Å². The van der Waals surface area contributed by atoms with Crippen LogP contribution in [0.15, 0.2) is 66.0 Å². The first kappa shape index (κ1) is 20.9. The lowest BCUT2D eigenvalue weighted by molar-refractivity contribution is -0.132. The monoisotopic (exact) mass is 465 g/mol. The van der Waals surface area contributed by atoms with Crippen molar-refractivity contribution >= 4 is 45.4 Å². The summed E-state index contributed by atoms with van der Waals surface area (Å²) in [5.41, 5.74) is 3.21. The molecule has 2 aromatic heterocycles. The zero-order valence-corrected chi connectivity index (χ0v) is 19.4. The lowest BCUT2D eigenvalue weighted by Gasteiger charge is -2.36. The van der Waals surface area contributed by atoms with E-state index in [0.29, 0.717) is 24.7 Å². The van der Waals surface area contributed by atoms with Crippen LogP contribution in [0.4, 0.5) is 5.69 Å². The third kappa shape index (κ3) is 4.08. The number of fused-ring (bicyclic) bond motifs is 1. The summed E-state index contributed by atoms with van der Waals surface area (Å²) in [7, 11) is 1.68. The molecule has 1 saturated heterocycles. The number of piperazine rings is 1. The van der Waals surface area contributed by atoms with E-state index in [4.69, 9.17) is 16.3 Å². The number of carbonyl (C=O) groups is 1. The summed E-state index contributed by atoms with van der Waals surface area (Å²) in [5.74, 6) is 0.988. The van der Waals surface area contributed by atoms with Crippen molar-refractivity contribution in [3.05, 3.63) is 71.1 Å². The number of amides is 1. The van der Waals surface area contributed by atoms with Gasteiger partial charge in [-0.25, -0.2) is 0 Å². The van der Waals surface area contributed by atoms with Gasteiger partial charge in [0, 0.05) is 53.9 Å². The number of halogens is 1. The van der Waals surface area contributed by atoms with Gasteiger partial charge >= 0.3 is 0 Å². The standard InChI is InChI=1S/C25H24ClN3O2S/c1-31-21-5-2-4-20(16-21)27-9-11-28(12-10-27)25(30)17-29-22-8-7-19(26)14-18(22)15-23(29)24-6-3-13-32-24/h2-8,13-16H,9-12,17H2,1H3. The summed E-state index contributed by atoms with van der Waals surface area (Å²) in [5, 5.41) is 3.81. The Kier molecular flexibility index (Phi) is 5.81. The fourth-order valence-electron chi connectivity index (χ4n) is 4.30. The average Bonchev–Trinajstić information content (AvgIpc) is 3.47. The third-order valence-corrected chi connectivity index (χ3v) is 7.11. The Morgan fingerprint density at radius 1 is 1.03 bits per heavy atom. The van der Waals surface area contributed by atoms with Crippen molar-refractivity contribution in [3.63, 3.8) is 0 Å². The SMILES string of the molecule is COc1cccc(N2CCN(C(=O)Cn3c(-c4cccs4)cc4cc(Cl)ccc43)CC2)c1. The van der Waals surface area contributed by atoms with Crippen molar-refractivity contribution in [3.8, 4) is 16.3 Å². The second kappa shape index (κ2) is 8.88. The third-order valence-electron chi connectivity index (χ3n) is 5.98. The molecule has 32 heavy (non-hydrogen) atoms. The number of nitrogens with zero attached hydrogens (tertiary/aromatic N) is 3. The number of ether oxygens (including phenoxy) is 1. The molecule has 4 aromatic rings.